The van der Waals surface area contributed by atoms with Crippen molar-refractivity contribution >= 4 is 5.69 Å². The molecule has 1 unspecified atom stereocenters. The Balaban J connectivity index is 2.18. The third kappa shape index (κ3) is 3.06. The van der Waals surface area contributed by atoms with Crippen molar-refractivity contribution in [3.05, 3.63) is 42.2 Å². The van der Waals surface area contributed by atoms with Gasteiger partial charge in [-0.05, 0) is 19.1 Å². The lowest BCUT2D eigenvalue weighted by molar-refractivity contribution is 0.416. The van der Waals surface area contributed by atoms with Gasteiger partial charge >= 0.3 is 0 Å². The first-order chi connectivity index (χ1) is 9.28. The molecule has 19 heavy (non-hydrogen) atoms. The summed E-state index contributed by atoms with van der Waals surface area (Å²) in [6, 6.07) is 7.83. The van der Waals surface area contributed by atoms with Crippen molar-refractivity contribution < 1.29 is 4.74 Å². The summed E-state index contributed by atoms with van der Waals surface area (Å²) in [7, 11) is 1.66. The number of ether oxygens (including phenoxy) is 1. The van der Waals surface area contributed by atoms with Gasteiger partial charge in [-0.1, -0.05) is 12.1 Å². The van der Waals surface area contributed by atoms with E-state index in [9.17, 15) is 0 Å². The van der Waals surface area contributed by atoms with Crippen LogP contribution in [0, 0.1) is 0 Å². The van der Waals surface area contributed by atoms with Gasteiger partial charge in [0.2, 0.25) is 0 Å². The zero-order valence-corrected chi connectivity index (χ0v) is 11.3. The first-order valence-corrected chi connectivity index (χ1v) is 6.40. The lowest BCUT2D eigenvalue weighted by atomic mass is 10.1. The summed E-state index contributed by atoms with van der Waals surface area (Å²) >= 11 is 0. The lowest BCUT2D eigenvalue weighted by Crippen LogP contribution is -2.20. The summed E-state index contributed by atoms with van der Waals surface area (Å²) in [5.41, 5.74) is 7.87. The van der Waals surface area contributed by atoms with Crippen molar-refractivity contribution in [2.75, 3.05) is 19.0 Å². The molecule has 0 radical (unpaired) electrons. The summed E-state index contributed by atoms with van der Waals surface area (Å²) in [4.78, 5) is 0. The molecule has 3 N–H and O–H groups in total. The van der Waals surface area contributed by atoms with Gasteiger partial charge in [-0.15, -0.1) is 0 Å². The SMILES string of the molecule is CCn1cc(C(CN)Nc2ccccc2OC)cn1. The molecule has 0 aliphatic heterocycles. The van der Waals surface area contributed by atoms with Crippen LogP contribution in [-0.2, 0) is 6.54 Å². The Hall–Kier alpha value is -2.01. The van der Waals surface area contributed by atoms with Crippen LogP contribution >= 0.6 is 0 Å². The quantitative estimate of drug-likeness (QED) is 0.834. The summed E-state index contributed by atoms with van der Waals surface area (Å²) < 4.78 is 7.22. The third-order valence-corrected chi connectivity index (χ3v) is 3.05. The highest BCUT2D eigenvalue weighted by atomic mass is 16.5. The Labute approximate surface area is 113 Å². The van der Waals surface area contributed by atoms with Crippen molar-refractivity contribution in [3.8, 4) is 5.75 Å². The second-order valence-corrected chi connectivity index (χ2v) is 4.26. The highest BCUT2D eigenvalue weighted by Gasteiger charge is 2.13. The van der Waals surface area contributed by atoms with Crippen LogP contribution in [0.4, 0.5) is 5.69 Å². The fourth-order valence-corrected chi connectivity index (χ4v) is 1.96. The van der Waals surface area contributed by atoms with Gasteiger partial charge in [0, 0.05) is 24.8 Å². The number of aromatic nitrogens is 2. The van der Waals surface area contributed by atoms with Crippen LogP contribution in [0.25, 0.3) is 0 Å². The van der Waals surface area contributed by atoms with E-state index < -0.39 is 0 Å². The molecule has 1 atom stereocenters. The van der Waals surface area contributed by atoms with Crippen molar-refractivity contribution in [3.63, 3.8) is 0 Å². The second kappa shape index (κ2) is 6.24. The number of hydrogen-bond donors (Lipinski definition) is 2. The molecular weight excluding hydrogens is 240 g/mol. The van der Waals surface area contributed by atoms with Crippen molar-refractivity contribution in [2.45, 2.75) is 19.5 Å². The van der Waals surface area contributed by atoms with Gasteiger partial charge in [0.1, 0.15) is 5.75 Å². The molecule has 1 aromatic heterocycles. The van der Waals surface area contributed by atoms with E-state index >= 15 is 0 Å². The lowest BCUT2D eigenvalue weighted by Gasteiger charge is -2.18. The van der Waals surface area contributed by atoms with Gasteiger partial charge in [0.05, 0.1) is 25.0 Å². The van der Waals surface area contributed by atoms with E-state index in [-0.39, 0.29) is 6.04 Å². The standard InChI is InChI=1S/C14H20N4O/c1-3-18-10-11(9-16-18)13(8-15)17-12-6-4-5-7-14(12)19-2/h4-7,9-10,13,17H,3,8,15H2,1-2H3. The number of anilines is 1. The van der Waals surface area contributed by atoms with Gasteiger partial charge in [-0.2, -0.15) is 5.10 Å². The zero-order chi connectivity index (χ0) is 13.7. The molecule has 2 rings (SSSR count). The van der Waals surface area contributed by atoms with Crippen LogP contribution in [0.1, 0.15) is 18.5 Å². The smallest absolute Gasteiger partial charge is 0.141 e. The first kappa shape index (κ1) is 13.4. The molecule has 0 amide bonds. The molecule has 0 fully saturated rings. The minimum Gasteiger partial charge on any atom is -0.495 e. The number of hydrogen-bond acceptors (Lipinski definition) is 4. The average molecular weight is 260 g/mol. The van der Waals surface area contributed by atoms with Crippen LogP contribution in [0.2, 0.25) is 0 Å². The van der Waals surface area contributed by atoms with E-state index in [1.165, 1.54) is 0 Å². The van der Waals surface area contributed by atoms with Gasteiger partial charge in [0.15, 0.2) is 0 Å². The first-order valence-electron chi connectivity index (χ1n) is 6.40. The highest BCUT2D eigenvalue weighted by molar-refractivity contribution is 5.57. The average Bonchev–Trinajstić information content (AvgIpc) is 2.93. The Morgan fingerprint density at radius 2 is 2.21 bits per heavy atom. The van der Waals surface area contributed by atoms with Crippen LogP contribution in [0.5, 0.6) is 5.75 Å². The number of para-hydroxylation sites is 2. The molecule has 5 heteroatoms. The Kier molecular flexibility index (Phi) is 4.41. The maximum Gasteiger partial charge on any atom is 0.141 e. The zero-order valence-electron chi connectivity index (χ0n) is 11.3. The van der Waals surface area contributed by atoms with E-state index in [0.717, 1.165) is 23.5 Å². The molecule has 5 nitrogen and oxygen atoms in total. The Morgan fingerprint density at radius 1 is 1.42 bits per heavy atom. The summed E-state index contributed by atoms with van der Waals surface area (Å²) in [6.45, 7) is 3.40. The second-order valence-electron chi connectivity index (χ2n) is 4.26. The topological polar surface area (TPSA) is 65.1 Å². The van der Waals surface area contributed by atoms with Crippen molar-refractivity contribution in [2.24, 2.45) is 5.73 Å². The third-order valence-electron chi connectivity index (χ3n) is 3.05. The molecule has 2 aromatic rings. The number of nitrogens with one attached hydrogen (secondary N) is 1. The predicted octanol–water partition coefficient (Wildman–Crippen LogP) is 2.02. The molecule has 1 aromatic carbocycles. The van der Waals surface area contributed by atoms with Crippen LogP contribution < -0.4 is 15.8 Å². The highest BCUT2D eigenvalue weighted by Crippen LogP contribution is 2.27. The number of nitrogens with zero attached hydrogens (tertiary/aromatic N) is 2. The number of aryl methyl sites for hydroxylation is 1. The van der Waals surface area contributed by atoms with E-state index in [4.69, 9.17) is 10.5 Å². The van der Waals surface area contributed by atoms with E-state index in [1.54, 1.807) is 7.11 Å². The van der Waals surface area contributed by atoms with Gasteiger partial charge < -0.3 is 15.8 Å². The normalized spacial score (nSPS) is 12.2. The molecule has 1 heterocycles. The van der Waals surface area contributed by atoms with Crippen LogP contribution in [0.15, 0.2) is 36.7 Å². The maximum atomic E-state index is 5.85. The maximum absolute atomic E-state index is 5.85. The monoisotopic (exact) mass is 260 g/mol. The summed E-state index contributed by atoms with van der Waals surface area (Å²) in [5, 5.41) is 7.68. The molecule has 0 saturated heterocycles. The van der Waals surface area contributed by atoms with E-state index in [0.29, 0.717) is 6.54 Å². The Bertz CT molecular complexity index is 524. The molecule has 0 aliphatic rings. The van der Waals surface area contributed by atoms with Crippen molar-refractivity contribution in [1.82, 2.24) is 9.78 Å². The minimum atomic E-state index is 0.0246. The molecule has 0 saturated carbocycles. The van der Waals surface area contributed by atoms with Crippen LogP contribution in [0.3, 0.4) is 0 Å². The van der Waals surface area contributed by atoms with Gasteiger partial charge in [-0.3, -0.25) is 4.68 Å². The van der Waals surface area contributed by atoms with Gasteiger partial charge in [-0.25, -0.2) is 0 Å². The number of methoxy groups -OCH3 is 1. The predicted molar refractivity (Wildman–Crippen MR) is 76.3 cm³/mol. The molecule has 0 spiro atoms. The molecule has 0 bridgehead atoms. The van der Waals surface area contributed by atoms with E-state index in [1.807, 2.05) is 41.3 Å². The molecular formula is C14H20N4O. The van der Waals surface area contributed by atoms with Crippen LogP contribution in [-0.4, -0.2) is 23.4 Å². The fourth-order valence-electron chi connectivity index (χ4n) is 1.96. The summed E-state index contributed by atoms with van der Waals surface area (Å²) in [5.74, 6) is 0.809. The summed E-state index contributed by atoms with van der Waals surface area (Å²) in [6.07, 6.45) is 3.86. The molecule has 0 aliphatic carbocycles. The largest absolute Gasteiger partial charge is 0.495 e. The number of benzene rings is 1. The molecule has 102 valence electrons. The number of nitrogens with two attached hydrogens (primary N) is 1. The fraction of sp³-hybridized carbons (Fsp3) is 0.357. The number of rotatable bonds is 6. The Morgan fingerprint density at radius 3 is 2.84 bits per heavy atom. The minimum absolute atomic E-state index is 0.0246. The van der Waals surface area contributed by atoms with Gasteiger partial charge in [0.25, 0.3) is 0 Å². The van der Waals surface area contributed by atoms with E-state index in [2.05, 4.69) is 17.3 Å². The van der Waals surface area contributed by atoms with Crippen molar-refractivity contribution in [1.29, 1.82) is 0 Å².